The SMILES string of the molecule is Cc1cccc(-n2cnc(C(=O)O)c2)c1. The molecule has 0 fully saturated rings. The van der Waals surface area contributed by atoms with Crippen molar-refractivity contribution in [2.75, 3.05) is 0 Å². The van der Waals surface area contributed by atoms with Crippen molar-refractivity contribution in [3.63, 3.8) is 0 Å². The molecule has 0 saturated carbocycles. The fraction of sp³-hybridized carbons (Fsp3) is 0.0909. The zero-order valence-corrected chi connectivity index (χ0v) is 8.21. The van der Waals surface area contributed by atoms with Gasteiger partial charge in [-0.1, -0.05) is 12.1 Å². The van der Waals surface area contributed by atoms with E-state index in [-0.39, 0.29) is 5.69 Å². The first-order chi connectivity index (χ1) is 7.16. The van der Waals surface area contributed by atoms with Gasteiger partial charge in [0.25, 0.3) is 0 Å². The second-order valence-electron chi connectivity index (χ2n) is 3.31. The zero-order chi connectivity index (χ0) is 10.8. The van der Waals surface area contributed by atoms with E-state index in [1.165, 1.54) is 12.5 Å². The quantitative estimate of drug-likeness (QED) is 0.808. The number of rotatable bonds is 2. The monoisotopic (exact) mass is 202 g/mol. The minimum atomic E-state index is -1.01. The zero-order valence-electron chi connectivity index (χ0n) is 8.21. The van der Waals surface area contributed by atoms with Crippen LogP contribution < -0.4 is 0 Å². The van der Waals surface area contributed by atoms with Gasteiger partial charge in [0.2, 0.25) is 0 Å². The third-order valence-electron chi connectivity index (χ3n) is 2.10. The lowest BCUT2D eigenvalue weighted by Crippen LogP contribution is -1.95. The lowest BCUT2D eigenvalue weighted by molar-refractivity contribution is 0.0691. The average molecular weight is 202 g/mol. The number of nitrogens with zero attached hydrogens (tertiary/aromatic N) is 2. The van der Waals surface area contributed by atoms with Crippen molar-refractivity contribution in [2.24, 2.45) is 0 Å². The van der Waals surface area contributed by atoms with E-state index in [1.54, 1.807) is 4.57 Å². The molecule has 0 unspecified atom stereocenters. The van der Waals surface area contributed by atoms with Crippen LogP contribution in [0.1, 0.15) is 16.1 Å². The molecule has 76 valence electrons. The van der Waals surface area contributed by atoms with Crippen molar-refractivity contribution in [1.29, 1.82) is 0 Å². The molecule has 4 nitrogen and oxygen atoms in total. The van der Waals surface area contributed by atoms with Crippen LogP contribution in [0.5, 0.6) is 0 Å². The molecule has 0 saturated heterocycles. The number of hydrogen-bond donors (Lipinski definition) is 1. The Balaban J connectivity index is 2.41. The van der Waals surface area contributed by atoms with E-state index in [0.717, 1.165) is 11.3 Å². The molecular formula is C11H10N2O2. The van der Waals surface area contributed by atoms with Gasteiger partial charge in [-0.3, -0.25) is 0 Å². The maximum absolute atomic E-state index is 10.6. The first-order valence-corrected chi connectivity index (χ1v) is 4.51. The van der Waals surface area contributed by atoms with E-state index in [4.69, 9.17) is 5.11 Å². The van der Waals surface area contributed by atoms with Gasteiger partial charge in [0.1, 0.15) is 6.33 Å². The molecule has 1 aromatic heterocycles. The summed E-state index contributed by atoms with van der Waals surface area (Å²) >= 11 is 0. The molecule has 0 radical (unpaired) electrons. The molecule has 0 bridgehead atoms. The highest BCUT2D eigenvalue weighted by atomic mass is 16.4. The Morgan fingerprint density at radius 2 is 2.27 bits per heavy atom. The number of carbonyl (C=O) groups is 1. The topological polar surface area (TPSA) is 55.1 Å². The summed E-state index contributed by atoms with van der Waals surface area (Å²) in [5.41, 5.74) is 2.09. The predicted molar refractivity (Wildman–Crippen MR) is 55.3 cm³/mol. The minimum Gasteiger partial charge on any atom is -0.476 e. The van der Waals surface area contributed by atoms with Crippen molar-refractivity contribution in [1.82, 2.24) is 9.55 Å². The van der Waals surface area contributed by atoms with Crippen molar-refractivity contribution < 1.29 is 9.90 Å². The highest BCUT2D eigenvalue weighted by Crippen LogP contribution is 2.10. The van der Waals surface area contributed by atoms with Crippen LogP contribution in [-0.2, 0) is 0 Å². The number of aromatic carboxylic acids is 1. The van der Waals surface area contributed by atoms with E-state index < -0.39 is 5.97 Å². The third-order valence-corrected chi connectivity index (χ3v) is 2.10. The molecule has 15 heavy (non-hydrogen) atoms. The Bertz CT molecular complexity index is 503. The van der Waals surface area contributed by atoms with Crippen LogP contribution in [0.2, 0.25) is 0 Å². The second-order valence-corrected chi connectivity index (χ2v) is 3.31. The Hall–Kier alpha value is -2.10. The van der Waals surface area contributed by atoms with Gasteiger partial charge in [-0.25, -0.2) is 9.78 Å². The molecule has 0 spiro atoms. The number of carboxylic acids is 1. The first kappa shape index (κ1) is 9.45. The standard InChI is InChI=1S/C11H10N2O2/c1-8-3-2-4-9(5-8)13-6-10(11(14)15)12-7-13/h2-7H,1H3,(H,14,15). The maximum Gasteiger partial charge on any atom is 0.356 e. The molecule has 4 heteroatoms. The number of carboxylic acid groups (broad SMARTS) is 1. The van der Waals surface area contributed by atoms with Crippen LogP contribution in [0.4, 0.5) is 0 Å². The van der Waals surface area contributed by atoms with Gasteiger partial charge in [0.05, 0.1) is 0 Å². The van der Waals surface area contributed by atoms with Gasteiger partial charge in [-0.15, -0.1) is 0 Å². The van der Waals surface area contributed by atoms with Gasteiger partial charge >= 0.3 is 5.97 Å². The van der Waals surface area contributed by atoms with E-state index >= 15 is 0 Å². The lowest BCUT2D eigenvalue weighted by atomic mass is 10.2. The molecule has 1 heterocycles. The predicted octanol–water partition coefficient (Wildman–Crippen LogP) is 1.88. The molecule has 0 amide bonds. The molecule has 1 aromatic carbocycles. The summed E-state index contributed by atoms with van der Waals surface area (Å²) in [5, 5.41) is 8.72. The van der Waals surface area contributed by atoms with Crippen LogP contribution in [-0.4, -0.2) is 20.6 Å². The first-order valence-electron chi connectivity index (χ1n) is 4.51. The molecule has 0 aliphatic rings. The molecule has 2 aromatic rings. The van der Waals surface area contributed by atoms with Crippen LogP contribution in [0, 0.1) is 6.92 Å². The van der Waals surface area contributed by atoms with Crippen molar-refractivity contribution >= 4 is 5.97 Å². The minimum absolute atomic E-state index is 0.0523. The summed E-state index contributed by atoms with van der Waals surface area (Å²) < 4.78 is 1.69. The molecule has 0 aliphatic carbocycles. The van der Waals surface area contributed by atoms with Gasteiger partial charge in [0, 0.05) is 11.9 Å². The fourth-order valence-electron chi connectivity index (χ4n) is 1.36. The smallest absolute Gasteiger partial charge is 0.356 e. The molecule has 1 N–H and O–H groups in total. The molecule has 0 atom stereocenters. The average Bonchev–Trinajstić information content (AvgIpc) is 2.66. The molecular weight excluding hydrogens is 192 g/mol. The van der Waals surface area contributed by atoms with Crippen molar-refractivity contribution in [3.05, 3.63) is 48.0 Å². The van der Waals surface area contributed by atoms with E-state index in [2.05, 4.69) is 4.98 Å². The van der Waals surface area contributed by atoms with Crippen LogP contribution >= 0.6 is 0 Å². The molecule has 0 aliphatic heterocycles. The second kappa shape index (κ2) is 3.57. The van der Waals surface area contributed by atoms with Gasteiger partial charge < -0.3 is 9.67 Å². The van der Waals surface area contributed by atoms with Crippen LogP contribution in [0.25, 0.3) is 5.69 Å². The summed E-state index contributed by atoms with van der Waals surface area (Å²) in [4.78, 5) is 14.4. The Kier molecular flexibility index (Phi) is 2.25. The Labute approximate surface area is 86.8 Å². The largest absolute Gasteiger partial charge is 0.476 e. The number of imidazole rings is 1. The maximum atomic E-state index is 10.6. The summed E-state index contributed by atoms with van der Waals surface area (Å²) in [6.45, 7) is 1.98. The van der Waals surface area contributed by atoms with Crippen molar-refractivity contribution in [3.8, 4) is 5.69 Å². The normalized spacial score (nSPS) is 10.2. The van der Waals surface area contributed by atoms with Gasteiger partial charge in [-0.05, 0) is 24.6 Å². The fourth-order valence-corrected chi connectivity index (χ4v) is 1.36. The number of aromatic nitrogens is 2. The van der Waals surface area contributed by atoms with Crippen LogP contribution in [0.15, 0.2) is 36.8 Å². The van der Waals surface area contributed by atoms with E-state index in [1.807, 2.05) is 31.2 Å². The lowest BCUT2D eigenvalue weighted by Gasteiger charge is -2.01. The van der Waals surface area contributed by atoms with E-state index in [9.17, 15) is 4.79 Å². The third kappa shape index (κ3) is 1.88. The highest BCUT2D eigenvalue weighted by Gasteiger charge is 2.06. The van der Waals surface area contributed by atoms with E-state index in [0.29, 0.717) is 0 Å². The number of hydrogen-bond acceptors (Lipinski definition) is 2. The van der Waals surface area contributed by atoms with Gasteiger partial charge in [-0.2, -0.15) is 0 Å². The summed E-state index contributed by atoms with van der Waals surface area (Å²) in [6, 6.07) is 7.78. The van der Waals surface area contributed by atoms with Crippen molar-refractivity contribution in [2.45, 2.75) is 6.92 Å². The highest BCUT2D eigenvalue weighted by molar-refractivity contribution is 5.85. The number of aryl methyl sites for hydroxylation is 1. The summed E-state index contributed by atoms with van der Waals surface area (Å²) in [6.07, 6.45) is 3.00. The summed E-state index contributed by atoms with van der Waals surface area (Å²) in [5.74, 6) is -1.01. The molecule has 2 rings (SSSR count). The van der Waals surface area contributed by atoms with Crippen LogP contribution in [0.3, 0.4) is 0 Å². The Morgan fingerprint density at radius 1 is 1.47 bits per heavy atom. The Morgan fingerprint density at radius 3 is 2.87 bits per heavy atom. The van der Waals surface area contributed by atoms with Gasteiger partial charge in [0.15, 0.2) is 5.69 Å². The summed E-state index contributed by atoms with van der Waals surface area (Å²) in [7, 11) is 0. The number of benzene rings is 1.